The number of nitriles is 1. The molecule has 0 saturated heterocycles. The van der Waals surface area contributed by atoms with Crippen molar-refractivity contribution in [1.29, 1.82) is 5.26 Å². The molecule has 152 valence electrons. The predicted molar refractivity (Wildman–Crippen MR) is 126 cm³/mol. The quantitative estimate of drug-likeness (QED) is 0.424. The summed E-state index contributed by atoms with van der Waals surface area (Å²) < 4.78 is 0. The summed E-state index contributed by atoms with van der Waals surface area (Å²) in [4.78, 5) is 18.8. The number of nitrogens with zero attached hydrogens (tertiary/aromatic N) is 2. The van der Waals surface area contributed by atoms with Crippen molar-refractivity contribution < 1.29 is 4.79 Å². The van der Waals surface area contributed by atoms with Crippen molar-refractivity contribution in [1.82, 2.24) is 0 Å². The highest BCUT2D eigenvalue weighted by Crippen LogP contribution is 2.45. The minimum Gasteiger partial charge on any atom is -0.287 e. The molecule has 5 rings (SSSR count). The molecule has 0 atom stereocenters. The van der Waals surface area contributed by atoms with Gasteiger partial charge in [-0.25, -0.2) is 0 Å². The van der Waals surface area contributed by atoms with Crippen LogP contribution in [0.25, 0.3) is 0 Å². The van der Waals surface area contributed by atoms with Gasteiger partial charge in [-0.1, -0.05) is 90.5 Å². The molecule has 3 nitrogen and oxygen atoms in total. The lowest BCUT2D eigenvalue weighted by molar-refractivity contribution is 0.106. The lowest BCUT2D eigenvalue weighted by atomic mass is 9.72. The molecule has 0 N–H and O–H groups in total. The Morgan fingerprint density at radius 2 is 1.38 bits per heavy atom. The van der Waals surface area contributed by atoms with Gasteiger partial charge in [-0.15, -0.1) is 0 Å². The number of hydrogen-bond donors (Lipinski definition) is 0. The zero-order valence-electron chi connectivity index (χ0n) is 17.6. The van der Waals surface area contributed by atoms with E-state index in [1.807, 2.05) is 97.9 Å². The van der Waals surface area contributed by atoms with Crippen molar-refractivity contribution in [2.45, 2.75) is 12.5 Å². The number of benzene rings is 4. The Bertz CT molecular complexity index is 1340. The van der Waals surface area contributed by atoms with Crippen molar-refractivity contribution in [3.8, 4) is 6.07 Å². The lowest BCUT2D eigenvalue weighted by Crippen LogP contribution is -2.37. The zero-order chi connectivity index (χ0) is 22.1. The molecule has 0 saturated carbocycles. The standard InChI is InChI=1S/C29H20N2O/c1-20-12-15-22(16-13-20)27-28(32)25-17-14-21(19-30)18-26(25)29(31-27,23-8-4-2-5-9-23)24-10-6-3-7-11-24/h2-18H,1H3. The first kappa shape index (κ1) is 19.7. The highest BCUT2D eigenvalue weighted by molar-refractivity contribution is 6.52. The summed E-state index contributed by atoms with van der Waals surface area (Å²) in [5.41, 5.74) is 5.08. The SMILES string of the molecule is Cc1ccc(C2=NC(c3ccccc3)(c3ccccc3)c3cc(C#N)ccc3C2=O)cc1. The molecule has 0 unspecified atom stereocenters. The topological polar surface area (TPSA) is 53.2 Å². The van der Waals surface area contributed by atoms with Crippen LogP contribution in [0.5, 0.6) is 0 Å². The summed E-state index contributed by atoms with van der Waals surface area (Å²) >= 11 is 0. The fourth-order valence-electron chi connectivity index (χ4n) is 4.39. The van der Waals surface area contributed by atoms with Gasteiger partial charge in [0.05, 0.1) is 11.6 Å². The van der Waals surface area contributed by atoms with Crippen LogP contribution < -0.4 is 0 Å². The summed E-state index contributed by atoms with van der Waals surface area (Å²) in [5.74, 6) is -0.129. The Morgan fingerprint density at radius 1 is 0.781 bits per heavy atom. The Kier molecular flexibility index (Phi) is 4.77. The third-order valence-corrected chi connectivity index (χ3v) is 5.99. The van der Waals surface area contributed by atoms with Crippen LogP contribution in [0.4, 0.5) is 0 Å². The van der Waals surface area contributed by atoms with Gasteiger partial charge in [0.25, 0.3) is 0 Å². The van der Waals surface area contributed by atoms with E-state index < -0.39 is 5.54 Å². The molecule has 32 heavy (non-hydrogen) atoms. The van der Waals surface area contributed by atoms with E-state index in [-0.39, 0.29) is 5.78 Å². The summed E-state index contributed by atoms with van der Waals surface area (Å²) in [6.07, 6.45) is 0. The van der Waals surface area contributed by atoms with Crippen LogP contribution in [-0.2, 0) is 5.54 Å². The summed E-state index contributed by atoms with van der Waals surface area (Å²) in [7, 11) is 0. The van der Waals surface area contributed by atoms with E-state index in [1.54, 1.807) is 12.1 Å². The maximum atomic E-state index is 13.6. The number of rotatable bonds is 3. The zero-order valence-corrected chi connectivity index (χ0v) is 17.6. The molecule has 1 aliphatic rings. The Morgan fingerprint density at radius 3 is 1.94 bits per heavy atom. The minimum atomic E-state index is -0.946. The van der Waals surface area contributed by atoms with Gasteiger partial charge in [-0.05, 0) is 36.2 Å². The second-order valence-electron chi connectivity index (χ2n) is 7.97. The fraction of sp³-hybridized carbons (Fsp3) is 0.0690. The van der Waals surface area contributed by atoms with Gasteiger partial charge >= 0.3 is 0 Å². The molecule has 3 heteroatoms. The van der Waals surface area contributed by atoms with Crippen LogP contribution in [-0.4, -0.2) is 11.5 Å². The van der Waals surface area contributed by atoms with E-state index in [2.05, 4.69) is 6.07 Å². The summed E-state index contributed by atoms with van der Waals surface area (Å²) in [6, 6.07) is 35.3. The van der Waals surface area contributed by atoms with Crippen molar-refractivity contribution >= 4 is 11.5 Å². The van der Waals surface area contributed by atoms with E-state index in [9.17, 15) is 10.1 Å². The molecule has 4 aromatic rings. The Hall–Kier alpha value is -4.29. The van der Waals surface area contributed by atoms with Crippen LogP contribution in [0.2, 0.25) is 0 Å². The average molecular weight is 412 g/mol. The van der Waals surface area contributed by atoms with E-state index >= 15 is 0 Å². The van der Waals surface area contributed by atoms with E-state index in [4.69, 9.17) is 4.99 Å². The van der Waals surface area contributed by atoms with Crippen molar-refractivity contribution in [2.24, 2.45) is 4.99 Å². The Labute approximate surface area is 187 Å². The minimum absolute atomic E-state index is 0.129. The van der Waals surface area contributed by atoms with Crippen molar-refractivity contribution in [3.05, 3.63) is 142 Å². The molecular formula is C29H20N2O. The van der Waals surface area contributed by atoms with Gasteiger partial charge in [0.1, 0.15) is 11.3 Å². The molecule has 0 amide bonds. The maximum Gasteiger partial charge on any atom is 0.211 e. The predicted octanol–water partition coefficient (Wildman–Crippen LogP) is 5.84. The van der Waals surface area contributed by atoms with Crippen LogP contribution in [0, 0.1) is 18.3 Å². The lowest BCUT2D eigenvalue weighted by Gasteiger charge is -2.37. The van der Waals surface area contributed by atoms with Gasteiger partial charge in [0.15, 0.2) is 0 Å². The van der Waals surface area contributed by atoms with Gasteiger partial charge in [-0.3, -0.25) is 9.79 Å². The molecular weight excluding hydrogens is 392 g/mol. The van der Waals surface area contributed by atoms with E-state index in [0.29, 0.717) is 16.8 Å². The van der Waals surface area contributed by atoms with Crippen LogP contribution >= 0.6 is 0 Å². The number of carbonyl (C=O) groups is 1. The fourth-order valence-corrected chi connectivity index (χ4v) is 4.39. The first-order chi connectivity index (χ1) is 15.6. The monoisotopic (exact) mass is 412 g/mol. The summed E-state index contributed by atoms with van der Waals surface area (Å²) in [5, 5.41) is 9.60. The van der Waals surface area contributed by atoms with Gasteiger partial charge < -0.3 is 0 Å². The van der Waals surface area contributed by atoms with Crippen LogP contribution in [0.1, 0.15) is 43.7 Å². The second kappa shape index (κ2) is 7.76. The highest BCUT2D eigenvalue weighted by Gasteiger charge is 2.44. The van der Waals surface area contributed by atoms with Gasteiger partial charge in [0.2, 0.25) is 5.78 Å². The number of aliphatic imine (C=N–C) groups is 1. The molecule has 0 radical (unpaired) electrons. The first-order valence-corrected chi connectivity index (χ1v) is 10.5. The molecule has 0 bridgehead atoms. The second-order valence-corrected chi connectivity index (χ2v) is 7.97. The number of carbonyl (C=O) groups excluding carboxylic acids is 1. The Balaban J connectivity index is 1.92. The highest BCUT2D eigenvalue weighted by atomic mass is 16.1. The largest absolute Gasteiger partial charge is 0.287 e. The normalized spacial score (nSPS) is 14.2. The maximum absolute atomic E-state index is 13.6. The molecule has 0 aliphatic carbocycles. The average Bonchev–Trinajstić information content (AvgIpc) is 2.86. The number of hydrogen-bond acceptors (Lipinski definition) is 3. The molecule has 1 heterocycles. The van der Waals surface area contributed by atoms with Crippen molar-refractivity contribution in [2.75, 3.05) is 0 Å². The molecule has 1 aliphatic heterocycles. The smallest absolute Gasteiger partial charge is 0.211 e. The van der Waals surface area contributed by atoms with Crippen molar-refractivity contribution in [3.63, 3.8) is 0 Å². The van der Waals surface area contributed by atoms with E-state index in [0.717, 1.165) is 27.8 Å². The van der Waals surface area contributed by atoms with Crippen LogP contribution in [0.15, 0.2) is 108 Å². The third-order valence-electron chi connectivity index (χ3n) is 5.99. The van der Waals surface area contributed by atoms with E-state index in [1.165, 1.54) is 0 Å². The molecule has 0 aromatic heterocycles. The molecule has 0 fully saturated rings. The number of Topliss-reactive ketones (excluding diaryl/α,β-unsaturated/α-hetero) is 1. The number of ketones is 1. The van der Waals surface area contributed by atoms with Gasteiger partial charge in [0, 0.05) is 16.7 Å². The first-order valence-electron chi connectivity index (χ1n) is 10.5. The molecule has 4 aromatic carbocycles. The third kappa shape index (κ3) is 3.05. The van der Waals surface area contributed by atoms with Crippen LogP contribution in [0.3, 0.4) is 0 Å². The number of fused-ring (bicyclic) bond motifs is 1. The molecule has 0 spiro atoms. The summed E-state index contributed by atoms with van der Waals surface area (Å²) in [6.45, 7) is 2.02. The number of aryl methyl sites for hydroxylation is 1. The van der Waals surface area contributed by atoms with Gasteiger partial charge in [-0.2, -0.15) is 5.26 Å².